The minimum atomic E-state index is -4.76. The zero-order chi connectivity index (χ0) is 43.3. The summed E-state index contributed by atoms with van der Waals surface area (Å²) in [5, 5.41) is 36.7. The molecule has 21 heteroatoms. The van der Waals surface area contributed by atoms with Gasteiger partial charge in [-0.1, -0.05) is 30.3 Å². The first-order chi connectivity index (χ1) is 29.1. The minimum absolute atomic E-state index is 0.00616. The molecule has 1 saturated heterocycles. The van der Waals surface area contributed by atoms with Crippen LogP contribution in [0.1, 0.15) is 26.4 Å². The number of hydrogen-bond donors (Lipinski definition) is 3. The van der Waals surface area contributed by atoms with E-state index in [1.165, 1.54) is 70.1 Å². The molecule has 1 aliphatic heterocycles. The van der Waals surface area contributed by atoms with Gasteiger partial charge in [0.05, 0.1) is 27.3 Å². The number of aromatic hydroxyl groups is 1. The molecule has 1 aliphatic rings. The number of nitro benzene ring substituents is 1. The molecule has 4 aromatic carbocycles. The Morgan fingerprint density at radius 3 is 2.34 bits per heavy atom. The van der Waals surface area contributed by atoms with E-state index in [0.29, 0.717) is 23.4 Å². The fourth-order valence-corrected chi connectivity index (χ4v) is 8.12. The molecule has 314 valence electrons. The molecule has 0 unspecified atom stereocenters. The number of anilines is 2. The maximum atomic E-state index is 14.0. The summed E-state index contributed by atoms with van der Waals surface area (Å²) in [5.41, 5.74) is -0.865. The third-order valence-corrected chi connectivity index (χ3v) is 11.8. The number of sulfonamides is 1. The van der Waals surface area contributed by atoms with Gasteiger partial charge in [0.15, 0.2) is 11.5 Å². The van der Waals surface area contributed by atoms with Gasteiger partial charge in [-0.2, -0.15) is 18.3 Å². The lowest BCUT2D eigenvalue weighted by atomic mass is 10.1. The van der Waals surface area contributed by atoms with Crippen LogP contribution in [-0.4, -0.2) is 93.6 Å². The van der Waals surface area contributed by atoms with E-state index in [9.17, 15) is 46.4 Å². The predicted molar refractivity (Wildman–Crippen MR) is 219 cm³/mol. The summed E-state index contributed by atoms with van der Waals surface area (Å²) in [5.74, 6) is -0.900. The third kappa shape index (κ3) is 10.1. The average molecular weight is 874 g/mol. The van der Waals surface area contributed by atoms with Crippen molar-refractivity contribution in [3.8, 4) is 22.6 Å². The normalized spacial score (nSPS) is 13.2. The maximum absolute atomic E-state index is 14.0. The number of nitrogens with one attached hydrogen (secondary N) is 2. The highest BCUT2D eigenvalue weighted by atomic mass is 32.2. The van der Waals surface area contributed by atoms with Gasteiger partial charge in [-0.05, 0) is 72.3 Å². The zero-order valence-electron chi connectivity index (χ0n) is 31.7. The topological polar surface area (TPSA) is 206 Å². The van der Waals surface area contributed by atoms with Crippen LogP contribution in [-0.2, 0) is 16.2 Å². The summed E-state index contributed by atoms with van der Waals surface area (Å²) in [6.07, 6.45) is -1.84. The van der Waals surface area contributed by atoms with Crippen molar-refractivity contribution in [1.29, 1.82) is 0 Å². The monoisotopic (exact) mass is 873 g/mol. The van der Waals surface area contributed by atoms with Gasteiger partial charge >= 0.3 is 6.18 Å². The Kier molecular flexibility index (Phi) is 12.2. The van der Waals surface area contributed by atoms with Crippen LogP contribution >= 0.6 is 11.8 Å². The largest absolute Gasteiger partial charge is 0.508 e. The number of hydrogen-bond acceptors (Lipinski definition) is 13. The van der Waals surface area contributed by atoms with Crippen LogP contribution < -0.4 is 14.9 Å². The summed E-state index contributed by atoms with van der Waals surface area (Å²) in [6, 6.07) is 24.7. The van der Waals surface area contributed by atoms with Crippen LogP contribution in [0.15, 0.2) is 125 Å². The fraction of sp³-hybridized carbons (Fsp3) is 0.175. The van der Waals surface area contributed by atoms with E-state index in [0.717, 1.165) is 29.2 Å². The highest BCUT2D eigenvalue weighted by molar-refractivity contribution is 7.99. The van der Waals surface area contributed by atoms with Gasteiger partial charge in [0, 0.05) is 66.8 Å². The number of rotatable bonds is 13. The predicted octanol–water partition coefficient (Wildman–Crippen LogP) is 6.25. The molecule has 1 fully saturated rings. The first-order valence-corrected chi connectivity index (χ1v) is 20.8. The molecular weight excluding hydrogens is 840 g/mol. The van der Waals surface area contributed by atoms with Crippen molar-refractivity contribution < 1.29 is 41.2 Å². The van der Waals surface area contributed by atoms with E-state index in [-0.39, 0.29) is 60.4 Å². The Morgan fingerprint density at radius 1 is 0.885 bits per heavy atom. The molecule has 2 amide bonds. The van der Waals surface area contributed by atoms with E-state index in [2.05, 4.69) is 20.6 Å². The Morgan fingerprint density at radius 2 is 1.66 bits per heavy atom. The summed E-state index contributed by atoms with van der Waals surface area (Å²) < 4.78 is 71.3. The number of halogens is 3. The zero-order valence-corrected chi connectivity index (χ0v) is 33.3. The smallest absolute Gasteiger partial charge is 0.416 e. The molecule has 61 heavy (non-hydrogen) atoms. The van der Waals surface area contributed by atoms with E-state index in [1.54, 1.807) is 17.0 Å². The van der Waals surface area contributed by atoms with Crippen molar-refractivity contribution in [1.82, 2.24) is 29.6 Å². The molecule has 7 rings (SSSR count). The quantitative estimate of drug-likeness (QED) is 0.0509. The van der Waals surface area contributed by atoms with Crippen LogP contribution in [0.2, 0.25) is 0 Å². The number of phenols is 1. The number of thioether (sulfide) groups is 1. The fourth-order valence-electron chi connectivity index (χ4n) is 6.35. The standard InChI is InChI=1S/C40H34F3N9O7S2/c41-40(42,43)29-19-27(20-30(22-29)51-25-28(24-45-51)26-5-4-6-31(53)21-26)39(55)50-16-14-49(15-17-50)37-12-11-35(46-47-37)38(54)48-61(58,59)33-9-10-34(36(23-33)52(56)57)44-13-18-60-32-7-2-1-3-8-32/h1-12,19-25,44,53H,13-18H2,(H,48,54). The number of nitrogens with zero attached hydrogens (tertiary/aromatic N) is 7. The van der Waals surface area contributed by atoms with E-state index < -0.39 is 49.1 Å². The van der Waals surface area contributed by atoms with Gasteiger partial charge in [0.25, 0.3) is 27.5 Å². The second-order valence-electron chi connectivity index (χ2n) is 13.5. The lowest BCUT2D eigenvalue weighted by molar-refractivity contribution is -0.384. The van der Waals surface area contributed by atoms with E-state index >= 15 is 0 Å². The van der Waals surface area contributed by atoms with Gasteiger partial charge in [0.1, 0.15) is 11.4 Å². The Labute approximate surface area is 350 Å². The molecular formula is C40H34F3N9O7S2. The van der Waals surface area contributed by atoms with Crippen LogP contribution in [0.5, 0.6) is 5.75 Å². The van der Waals surface area contributed by atoms with Crippen LogP contribution in [0.4, 0.5) is 30.4 Å². The van der Waals surface area contributed by atoms with Crippen molar-refractivity contribution in [3.63, 3.8) is 0 Å². The van der Waals surface area contributed by atoms with Crippen molar-refractivity contribution in [2.45, 2.75) is 16.0 Å². The second kappa shape index (κ2) is 17.7. The maximum Gasteiger partial charge on any atom is 0.416 e. The minimum Gasteiger partial charge on any atom is -0.508 e. The van der Waals surface area contributed by atoms with E-state index in [4.69, 9.17) is 0 Å². The third-order valence-electron chi connectivity index (χ3n) is 9.43. The number of carbonyl (C=O) groups excluding carboxylic acids is 2. The van der Waals surface area contributed by atoms with Crippen molar-refractivity contribution in [3.05, 3.63) is 142 Å². The van der Waals surface area contributed by atoms with Crippen molar-refractivity contribution >= 4 is 50.8 Å². The number of amides is 2. The molecule has 0 aliphatic carbocycles. The number of benzene rings is 4. The average Bonchev–Trinajstić information content (AvgIpc) is 3.76. The molecule has 0 spiro atoms. The molecule has 16 nitrogen and oxygen atoms in total. The molecule has 0 saturated carbocycles. The Hall–Kier alpha value is -7.00. The molecule has 0 radical (unpaired) electrons. The van der Waals surface area contributed by atoms with Gasteiger partial charge in [0.2, 0.25) is 0 Å². The van der Waals surface area contributed by atoms with Gasteiger partial charge in [-0.3, -0.25) is 19.7 Å². The number of aromatic nitrogens is 4. The molecule has 6 aromatic rings. The Bertz CT molecular complexity index is 2690. The molecule has 0 bridgehead atoms. The van der Waals surface area contributed by atoms with Crippen molar-refractivity contribution in [2.75, 3.05) is 48.7 Å². The lowest BCUT2D eigenvalue weighted by Crippen LogP contribution is -2.49. The first kappa shape index (κ1) is 42.1. The van der Waals surface area contributed by atoms with Crippen LogP contribution in [0.3, 0.4) is 0 Å². The first-order valence-electron chi connectivity index (χ1n) is 18.4. The SMILES string of the molecule is O=C(NS(=O)(=O)c1ccc(NCCSc2ccccc2)c([N+](=O)[O-])c1)c1ccc(N2CCN(C(=O)c3cc(-n4cc(-c5cccc(O)c5)cn4)cc(C(F)(F)F)c3)CC2)nn1. The number of alkyl halides is 3. The lowest BCUT2D eigenvalue weighted by Gasteiger charge is -2.35. The number of carbonyl (C=O) groups is 2. The van der Waals surface area contributed by atoms with Gasteiger partial charge in [-0.25, -0.2) is 17.8 Å². The highest BCUT2D eigenvalue weighted by Gasteiger charge is 2.33. The molecule has 3 N–H and O–H groups in total. The molecule has 0 atom stereocenters. The van der Waals surface area contributed by atoms with E-state index in [1.807, 2.05) is 35.1 Å². The highest BCUT2D eigenvalue weighted by Crippen LogP contribution is 2.33. The van der Waals surface area contributed by atoms with Crippen LogP contribution in [0, 0.1) is 10.1 Å². The number of piperazine rings is 1. The summed E-state index contributed by atoms with van der Waals surface area (Å²) in [4.78, 5) is 41.3. The van der Waals surface area contributed by atoms with Crippen molar-refractivity contribution in [2.24, 2.45) is 0 Å². The van der Waals surface area contributed by atoms with Gasteiger partial charge < -0.3 is 20.2 Å². The second-order valence-corrected chi connectivity index (χ2v) is 16.4. The summed E-state index contributed by atoms with van der Waals surface area (Å²) in [7, 11) is -4.58. The number of phenolic OH excluding ortho intramolecular Hbond substituents is 1. The molecule has 2 aromatic heterocycles. The summed E-state index contributed by atoms with van der Waals surface area (Å²) >= 11 is 1.54. The summed E-state index contributed by atoms with van der Waals surface area (Å²) in [6.45, 7) is 0.958. The van der Waals surface area contributed by atoms with Crippen LogP contribution in [0.25, 0.3) is 16.8 Å². The van der Waals surface area contributed by atoms with Gasteiger partial charge in [-0.15, -0.1) is 22.0 Å². The molecule has 3 heterocycles. The Balaban J connectivity index is 0.965. The number of nitro groups is 1.